The predicted molar refractivity (Wildman–Crippen MR) is 81.0 cm³/mol. The van der Waals surface area contributed by atoms with Gasteiger partial charge in [-0.1, -0.05) is 11.6 Å². The molecule has 5 N–H and O–H groups in total. The van der Waals surface area contributed by atoms with E-state index in [1.807, 2.05) is 10.1 Å². The number of halogens is 1. The second-order valence-corrected chi connectivity index (χ2v) is 4.65. The van der Waals surface area contributed by atoms with Crippen LogP contribution in [0.25, 0.3) is 0 Å². The van der Waals surface area contributed by atoms with Gasteiger partial charge in [0.25, 0.3) is 17.4 Å². The number of hydrazine groups is 1. The van der Waals surface area contributed by atoms with Gasteiger partial charge in [-0.3, -0.25) is 30.2 Å². The van der Waals surface area contributed by atoms with E-state index in [1.165, 1.54) is 24.3 Å². The number of amides is 2. The van der Waals surface area contributed by atoms with Crippen LogP contribution in [0.3, 0.4) is 0 Å². The van der Waals surface area contributed by atoms with Crippen LogP contribution in [0.4, 0.5) is 5.82 Å². The van der Waals surface area contributed by atoms with Gasteiger partial charge in [-0.2, -0.15) is 0 Å². The maximum Gasteiger partial charge on any atom is 0.342 e. The monoisotopic (exact) mass is 338 g/mol. The minimum Gasteiger partial charge on any atom is -0.355 e. The molecule has 2 rings (SSSR count). The van der Waals surface area contributed by atoms with E-state index in [0.717, 1.165) is 0 Å². The Morgan fingerprint density at radius 2 is 1.83 bits per heavy atom. The molecule has 1 aromatic heterocycles. The highest BCUT2D eigenvalue weighted by Crippen LogP contribution is 2.08. The quantitative estimate of drug-likeness (QED) is 0.451. The molecular formula is C12H11ClN6O4. The van der Waals surface area contributed by atoms with Crippen LogP contribution >= 0.6 is 11.6 Å². The molecule has 1 aromatic carbocycles. The summed E-state index contributed by atoms with van der Waals surface area (Å²) in [6.45, 7) is -0.344. The number of benzene rings is 1. The third-order valence-corrected chi connectivity index (χ3v) is 2.80. The van der Waals surface area contributed by atoms with E-state index in [2.05, 4.69) is 21.3 Å². The SMILES string of the molecule is O=C(CNc1n[nH]c(=O)[nH]c1=O)NNC(=O)c1ccc(Cl)cc1. The largest absolute Gasteiger partial charge is 0.355 e. The summed E-state index contributed by atoms with van der Waals surface area (Å²) < 4.78 is 0. The number of hydrogen-bond donors (Lipinski definition) is 5. The minimum atomic E-state index is -0.772. The standard InChI is InChI=1S/C12H11ClN6O4/c13-7-3-1-6(2-4-7)10(21)18-16-8(20)5-14-9-11(22)15-12(23)19-17-9/h1-4H,5H2,(H,14,17)(H,16,20)(H,18,21)(H2,15,19,22,23). The number of rotatable bonds is 4. The fourth-order valence-corrected chi connectivity index (χ4v) is 1.60. The normalized spacial score (nSPS) is 9.96. The highest BCUT2D eigenvalue weighted by atomic mass is 35.5. The molecule has 1 heterocycles. The molecular weight excluding hydrogens is 328 g/mol. The van der Waals surface area contributed by atoms with Gasteiger partial charge in [-0.05, 0) is 24.3 Å². The summed E-state index contributed by atoms with van der Waals surface area (Å²) in [5, 5.41) is 8.32. The number of aromatic nitrogens is 3. The smallest absolute Gasteiger partial charge is 0.342 e. The molecule has 23 heavy (non-hydrogen) atoms. The average Bonchev–Trinajstić information content (AvgIpc) is 2.52. The fraction of sp³-hybridized carbons (Fsp3) is 0.0833. The molecule has 120 valence electrons. The predicted octanol–water partition coefficient (Wildman–Crippen LogP) is -1.02. The van der Waals surface area contributed by atoms with Gasteiger partial charge < -0.3 is 5.32 Å². The van der Waals surface area contributed by atoms with Crippen molar-refractivity contribution in [1.82, 2.24) is 26.0 Å². The summed E-state index contributed by atoms with van der Waals surface area (Å²) in [5.74, 6) is -1.39. The molecule has 0 spiro atoms. The zero-order valence-corrected chi connectivity index (χ0v) is 12.2. The van der Waals surface area contributed by atoms with Gasteiger partial charge >= 0.3 is 5.69 Å². The first kappa shape index (κ1) is 16.2. The van der Waals surface area contributed by atoms with Crippen molar-refractivity contribution in [3.8, 4) is 0 Å². The van der Waals surface area contributed by atoms with Crippen LogP contribution in [-0.4, -0.2) is 33.5 Å². The van der Waals surface area contributed by atoms with Crippen molar-refractivity contribution in [3.63, 3.8) is 0 Å². The summed E-state index contributed by atoms with van der Waals surface area (Å²) in [5.41, 5.74) is 3.11. The Morgan fingerprint density at radius 1 is 1.13 bits per heavy atom. The summed E-state index contributed by atoms with van der Waals surface area (Å²) >= 11 is 5.70. The van der Waals surface area contributed by atoms with Crippen LogP contribution in [0.2, 0.25) is 5.02 Å². The number of anilines is 1. The molecule has 0 unspecified atom stereocenters. The zero-order valence-electron chi connectivity index (χ0n) is 11.5. The summed E-state index contributed by atoms with van der Waals surface area (Å²) in [4.78, 5) is 47.3. The topological polar surface area (TPSA) is 149 Å². The van der Waals surface area contributed by atoms with E-state index in [9.17, 15) is 19.2 Å². The van der Waals surface area contributed by atoms with E-state index in [-0.39, 0.29) is 12.4 Å². The number of carbonyl (C=O) groups is 2. The van der Waals surface area contributed by atoms with Crippen LogP contribution < -0.4 is 27.4 Å². The van der Waals surface area contributed by atoms with Gasteiger partial charge in [0.05, 0.1) is 6.54 Å². The first-order valence-electron chi connectivity index (χ1n) is 6.23. The zero-order chi connectivity index (χ0) is 16.8. The van der Waals surface area contributed by atoms with E-state index < -0.39 is 23.1 Å². The highest BCUT2D eigenvalue weighted by Gasteiger charge is 2.08. The first-order chi connectivity index (χ1) is 11.0. The molecule has 0 saturated heterocycles. The minimum absolute atomic E-state index is 0.233. The number of H-pyrrole nitrogens is 2. The Kier molecular flexibility index (Phi) is 5.10. The van der Waals surface area contributed by atoms with E-state index >= 15 is 0 Å². The van der Waals surface area contributed by atoms with Crippen LogP contribution in [0, 0.1) is 0 Å². The van der Waals surface area contributed by atoms with Crippen molar-refractivity contribution in [2.45, 2.75) is 0 Å². The van der Waals surface area contributed by atoms with Crippen LogP contribution in [0.1, 0.15) is 10.4 Å². The van der Waals surface area contributed by atoms with Crippen molar-refractivity contribution in [2.24, 2.45) is 0 Å². The maximum absolute atomic E-state index is 11.7. The lowest BCUT2D eigenvalue weighted by Gasteiger charge is -2.08. The molecule has 2 aromatic rings. The van der Waals surface area contributed by atoms with Crippen molar-refractivity contribution in [1.29, 1.82) is 0 Å². The molecule has 0 radical (unpaired) electrons. The molecule has 0 aliphatic heterocycles. The molecule has 10 nitrogen and oxygen atoms in total. The van der Waals surface area contributed by atoms with Crippen molar-refractivity contribution in [3.05, 3.63) is 55.7 Å². The van der Waals surface area contributed by atoms with Gasteiger partial charge in [0.1, 0.15) is 0 Å². The van der Waals surface area contributed by atoms with Gasteiger partial charge in [0.2, 0.25) is 5.82 Å². The molecule has 0 fully saturated rings. The third kappa shape index (κ3) is 4.68. The number of aromatic amines is 2. The van der Waals surface area contributed by atoms with Crippen LogP contribution in [-0.2, 0) is 4.79 Å². The van der Waals surface area contributed by atoms with Gasteiger partial charge in [0.15, 0.2) is 0 Å². The van der Waals surface area contributed by atoms with Crippen LogP contribution in [0.15, 0.2) is 33.9 Å². The first-order valence-corrected chi connectivity index (χ1v) is 6.61. The number of nitrogens with zero attached hydrogens (tertiary/aromatic N) is 1. The fourth-order valence-electron chi connectivity index (χ4n) is 1.48. The molecule has 0 aliphatic rings. The Labute approximate surface area is 133 Å². The molecule has 2 amide bonds. The lowest BCUT2D eigenvalue weighted by atomic mass is 10.2. The Bertz CT molecular complexity index is 828. The lowest BCUT2D eigenvalue weighted by Crippen LogP contribution is -2.44. The lowest BCUT2D eigenvalue weighted by molar-refractivity contribution is -0.120. The summed E-state index contributed by atoms with van der Waals surface area (Å²) in [6, 6.07) is 6.06. The average molecular weight is 339 g/mol. The third-order valence-electron chi connectivity index (χ3n) is 2.55. The number of nitrogens with one attached hydrogen (secondary N) is 5. The molecule has 0 bridgehead atoms. The Hall–Kier alpha value is -3.14. The highest BCUT2D eigenvalue weighted by molar-refractivity contribution is 6.30. The maximum atomic E-state index is 11.7. The van der Waals surface area contributed by atoms with Crippen molar-refractivity contribution >= 4 is 29.2 Å². The van der Waals surface area contributed by atoms with Crippen molar-refractivity contribution in [2.75, 3.05) is 11.9 Å². The molecule has 0 aliphatic carbocycles. The number of carbonyl (C=O) groups excluding carboxylic acids is 2. The van der Waals surface area contributed by atoms with Gasteiger partial charge in [-0.25, -0.2) is 9.89 Å². The Morgan fingerprint density at radius 3 is 2.48 bits per heavy atom. The second-order valence-electron chi connectivity index (χ2n) is 4.22. The second kappa shape index (κ2) is 7.22. The summed E-state index contributed by atoms with van der Waals surface area (Å²) in [6.07, 6.45) is 0. The van der Waals surface area contributed by atoms with E-state index in [1.54, 1.807) is 0 Å². The Balaban J connectivity index is 1.83. The van der Waals surface area contributed by atoms with E-state index in [4.69, 9.17) is 11.6 Å². The van der Waals surface area contributed by atoms with Crippen LogP contribution in [0.5, 0.6) is 0 Å². The van der Waals surface area contributed by atoms with Gasteiger partial charge in [0, 0.05) is 10.6 Å². The summed E-state index contributed by atoms with van der Waals surface area (Å²) in [7, 11) is 0. The van der Waals surface area contributed by atoms with E-state index in [0.29, 0.717) is 10.6 Å². The molecule has 0 saturated carbocycles. The molecule has 0 atom stereocenters. The number of hydrogen-bond acceptors (Lipinski definition) is 6. The van der Waals surface area contributed by atoms with Gasteiger partial charge in [-0.15, -0.1) is 5.10 Å². The van der Waals surface area contributed by atoms with Crippen molar-refractivity contribution < 1.29 is 9.59 Å². The molecule has 11 heteroatoms.